The summed E-state index contributed by atoms with van der Waals surface area (Å²) >= 11 is 5.90. The second-order valence-corrected chi connectivity index (χ2v) is 7.28. The van der Waals surface area contributed by atoms with Crippen molar-refractivity contribution >= 4 is 34.5 Å². The number of aliphatic imine (C=N–C) groups is 1. The van der Waals surface area contributed by atoms with Crippen LogP contribution in [-0.4, -0.2) is 23.8 Å². The van der Waals surface area contributed by atoms with Crippen molar-refractivity contribution in [3.8, 4) is 0 Å². The maximum atomic E-state index is 13.1. The number of nitrogens with one attached hydrogen (secondary N) is 1. The van der Waals surface area contributed by atoms with Crippen molar-refractivity contribution in [1.29, 1.82) is 0 Å². The lowest BCUT2D eigenvalue weighted by Crippen LogP contribution is -2.28. The largest absolute Gasteiger partial charge is 0.417 e. The first-order valence-corrected chi connectivity index (χ1v) is 9.43. The summed E-state index contributed by atoms with van der Waals surface area (Å²) in [4.78, 5) is 9.75. The maximum Gasteiger partial charge on any atom is 0.417 e. The zero-order chi connectivity index (χ0) is 23.0. The van der Waals surface area contributed by atoms with Gasteiger partial charge < -0.3 is 10.2 Å². The number of benzene rings is 1. The Morgan fingerprint density at radius 2 is 1.68 bits per heavy atom. The molecule has 2 aromatic rings. The molecule has 0 unspecified atom stereocenters. The van der Waals surface area contributed by atoms with Gasteiger partial charge in [0, 0.05) is 30.7 Å². The molecule has 0 radical (unpaired) electrons. The number of fused-ring (bicyclic) bond motifs is 1. The van der Waals surface area contributed by atoms with Crippen molar-refractivity contribution in [1.82, 2.24) is 4.98 Å². The Balaban J connectivity index is 1.80. The minimum atomic E-state index is -4.56. The molecule has 11 heteroatoms. The van der Waals surface area contributed by atoms with E-state index in [2.05, 4.69) is 15.3 Å². The zero-order valence-electron chi connectivity index (χ0n) is 16.4. The van der Waals surface area contributed by atoms with Crippen LogP contribution in [0.25, 0.3) is 0 Å². The van der Waals surface area contributed by atoms with Gasteiger partial charge in [-0.3, -0.25) is 4.99 Å². The van der Waals surface area contributed by atoms with Crippen LogP contribution < -0.4 is 10.2 Å². The summed E-state index contributed by atoms with van der Waals surface area (Å²) in [7, 11) is 0. The Labute approximate surface area is 179 Å². The summed E-state index contributed by atoms with van der Waals surface area (Å²) in [5.74, 6) is 0.0752. The van der Waals surface area contributed by atoms with Crippen LogP contribution >= 0.6 is 11.6 Å². The highest BCUT2D eigenvalue weighted by molar-refractivity contribution is 6.32. The van der Waals surface area contributed by atoms with Gasteiger partial charge in [-0.25, -0.2) is 4.98 Å². The van der Waals surface area contributed by atoms with Crippen LogP contribution in [-0.2, 0) is 12.4 Å². The maximum absolute atomic E-state index is 13.1. The highest BCUT2D eigenvalue weighted by Gasteiger charge is 2.32. The van der Waals surface area contributed by atoms with Gasteiger partial charge in [0.2, 0.25) is 0 Å². The van der Waals surface area contributed by atoms with Crippen molar-refractivity contribution in [3.05, 3.63) is 58.4 Å². The molecule has 0 saturated heterocycles. The zero-order valence-corrected chi connectivity index (χ0v) is 17.1. The molecular weight excluding hydrogens is 446 g/mol. The lowest BCUT2D eigenvalue weighted by Gasteiger charge is -2.26. The molecule has 0 amide bonds. The molecule has 31 heavy (non-hydrogen) atoms. The van der Waals surface area contributed by atoms with E-state index in [1.165, 1.54) is 6.07 Å². The fraction of sp³-hybridized carbons (Fsp3) is 0.300. The van der Waals surface area contributed by atoms with Gasteiger partial charge in [0.15, 0.2) is 0 Å². The van der Waals surface area contributed by atoms with Crippen LogP contribution in [0.15, 0.2) is 47.2 Å². The number of nitrogens with zero attached hydrogens (tertiary/aromatic N) is 3. The highest BCUT2D eigenvalue weighted by Crippen LogP contribution is 2.39. The standard InChI is InChI=1S/C20H17ClF6N4/c1-11-7-12(2)31(17-4-3-13(19(22,23)24)9-16(17)30-11)6-5-28-18-15(21)8-14(10-29-18)20(25,26)27/h3-4,7-10H,5-6H2,1-2H3,(H,28,29). The topological polar surface area (TPSA) is 40.5 Å². The van der Waals surface area contributed by atoms with Gasteiger partial charge in [0.25, 0.3) is 0 Å². The summed E-state index contributed by atoms with van der Waals surface area (Å²) < 4.78 is 77.5. The van der Waals surface area contributed by atoms with Gasteiger partial charge in [0.1, 0.15) is 5.82 Å². The molecule has 1 aliphatic heterocycles. The SMILES string of the molecule is CC1=CC(C)=Nc2cc(C(F)(F)F)ccc2N1CCNc1ncc(C(F)(F)F)cc1Cl. The number of aromatic nitrogens is 1. The molecule has 0 spiro atoms. The lowest BCUT2D eigenvalue weighted by atomic mass is 10.1. The van der Waals surface area contributed by atoms with Crippen LogP contribution in [0.2, 0.25) is 5.02 Å². The molecule has 1 aliphatic rings. The van der Waals surface area contributed by atoms with E-state index in [1.807, 2.05) is 0 Å². The molecule has 0 bridgehead atoms. The summed E-state index contributed by atoms with van der Waals surface area (Å²) in [5.41, 5.74) is 0.171. The summed E-state index contributed by atoms with van der Waals surface area (Å²) in [5, 5.41) is 2.67. The van der Waals surface area contributed by atoms with E-state index in [9.17, 15) is 26.3 Å². The minimum absolute atomic E-state index is 0.0752. The summed E-state index contributed by atoms with van der Waals surface area (Å²) in [6, 6.07) is 4.09. The van der Waals surface area contributed by atoms with Crippen LogP contribution in [0.4, 0.5) is 43.5 Å². The molecular formula is C20H17ClF6N4. The van der Waals surface area contributed by atoms with Crippen molar-refractivity contribution < 1.29 is 26.3 Å². The third-order valence-corrected chi connectivity index (χ3v) is 4.82. The van der Waals surface area contributed by atoms with E-state index in [1.54, 1.807) is 24.8 Å². The van der Waals surface area contributed by atoms with Gasteiger partial charge in [-0.2, -0.15) is 26.3 Å². The van der Waals surface area contributed by atoms with Gasteiger partial charge in [-0.15, -0.1) is 0 Å². The van der Waals surface area contributed by atoms with Crippen molar-refractivity contribution in [2.75, 3.05) is 23.3 Å². The second kappa shape index (κ2) is 8.41. The number of rotatable bonds is 4. The molecule has 0 aliphatic carbocycles. The summed E-state index contributed by atoms with van der Waals surface area (Å²) in [6.07, 6.45) is -6.64. The number of anilines is 2. The first-order chi connectivity index (χ1) is 14.4. The minimum Gasteiger partial charge on any atom is -0.367 e. The lowest BCUT2D eigenvalue weighted by molar-refractivity contribution is -0.138. The van der Waals surface area contributed by atoms with E-state index in [-0.39, 0.29) is 29.6 Å². The molecule has 0 saturated carbocycles. The van der Waals surface area contributed by atoms with E-state index in [0.717, 1.165) is 23.9 Å². The Morgan fingerprint density at radius 1 is 1.00 bits per heavy atom. The predicted molar refractivity (Wildman–Crippen MR) is 108 cm³/mol. The number of pyridine rings is 1. The van der Waals surface area contributed by atoms with E-state index in [0.29, 0.717) is 17.6 Å². The number of allylic oxidation sites excluding steroid dienone is 2. The van der Waals surface area contributed by atoms with Crippen molar-refractivity contribution in [3.63, 3.8) is 0 Å². The van der Waals surface area contributed by atoms with Crippen molar-refractivity contribution in [2.24, 2.45) is 4.99 Å². The van der Waals surface area contributed by atoms with Crippen molar-refractivity contribution in [2.45, 2.75) is 26.2 Å². The summed E-state index contributed by atoms with van der Waals surface area (Å²) in [6.45, 7) is 3.96. The third kappa shape index (κ3) is 5.30. The third-order valence-electron chi connectivity index (χ3n) is 4.53. The Bertz CT molecular complexity index is 1040. The molecule has 4 nitrogen and oxygen atoms in total. The highest BCUT2D eigenvalue weighted by atomic mass is 35.5. The van der Waals surface area contributed by atoms with Gasteiger partial charge >= 0.3 is 12.4 Å². The van der Waals surface area contributed by atoms with Crippen LogP contribution in [0.5, 0.6) is 0 Å². The Hall–Kier alpha value is -2.75. The number of alkyl halides is 6. The first kappa shape index (κ1) is 22.9. The first-order valence-electron chi connectivity index (χ1n) is 9.05. The molecule has 1 aromatic carbocycles. The Morgan fingerprint density at radius 3 is 2.29 bits per heavy atom. The fourth-order valence-electron chi connectivity index (χ4n) is 3.12. The second-order valence-electron chi connectivity index (χ2n) is 6.87. The molecule has 0 fully saturated rings. The van der Waals surface area contributed by atoms with Crippen LogP contribution in [0.3, 0.4) is 0 Å². The average Bonchev–Trinajstić information content (AvgIpc) is 2.76. The molecule has 3 rings (SSSR count). The Kier molecular flexibility index (Phi) is 6.22. The predicted octanol–water partition coefficient (Wildman–Crippen LogP) is 6.70. The molecule has 1 N–H and O–H groups in total. The number of halogens is 7. The van der Waals surface area contributed by atoms with E-state index >= 15 is 0 Å². The molecule has 2 heterocycles. The van der Waals surface area contributed by atoms with Gasteiger partial charge in [-0.1, -0.05) is 11.6 Å². The molecule has 1 aromatic heterocycles. The van der Waals surface area contributed by atoms with Crippen LogP contribution in [0, 0.1) is 0 Å². The molecule has 0 atom stereocenters. The van der Waals surface area contributed by atoms with Crippen LogP contribution in [0.1, 0.15) is 25.0 Å². The van der Waals surface area contributed by atoms with E-state index < -0.39 is 23.5 Å². The number of hydrogen-bond acceptors (Lipinski definition) is 4. The molecule has 166 valence electrons. The smallest absolute Gasteiger partial charge is 0.367 e. The average molecular weight is 463 g/mol. The van der Waals surface area contributed by atoms with E-state index in [4.69, 9.17) is 11.6 Å². The number of hydrogen-bond donors (Lipinski definition) is 1. The quantitative estimate of drug-likeness (QED) is 0.514. The van der Waals surface area contributed by atoms with Gasteiger partial charge in [-0.05, 0) is 44.2 Å². The monoisotopic (exact) mass is 462 g/mol. The normalized spacial score (nSPS) is 14.5. The fourth-order valence-corrected chi connectivity index (χ4v) is 3.35. The van der Waals surface area contributed by atoms with Gasteiger partial charge in [0.05, 0.1) is 27.5 Å².